The molecule has 0 radical (unpaired) electrons. The number of alkyl halides is 2. The van der Waals surface area contributed by atoms with E-state index in [1.807, 2.05) is 13.8 Å². The zero-order valence-electron chi connectivity index (χ0n) is 8.53. The first-order chi connectivity index (χ1) is 5.69. The predicted molar refractivity (Wildman–Crippen MR) is 62.6 cm³/mol. The zero-order chi connectivity index (χ0) is 10.4. The van der Waals surface area contributed by atoms with Gasteiger partial charge in [0.25, 0.3) is 0 Å². The van der Waals surface area contributed by atoms with E-state index < -0.39 is 0 Å². The second kappa shape index (κ2) is 3.34. The second-order valence-electron chi connectivity index (χ2n) is 5.11. The molecule has 0 spiro atoms. The van der Waals surface area contributed by atoms with Gasteiger partial charge >= 0.3 is 0 Å². The SMILES string of the molecule is CC1(C)CC(=O)C(C)(C)[C@@H](Br)[C@@H]1Br. The number of rotatable bonds is 0. The molecule has 1 fully saturated rings. The summed E-state index contributed by atoms with van der Waals surface area (Å²) < 4.78 is 0. The van der Waals surface area contributed by atoms with Crippen LogP contribution in [0.2, 0.25) is 0 Å². The Hall–Kier alpha value is 0.630. The summed E-state index contributed by atoms with van der Waals surface area (Å²) in [7, 11) is 0. The van der Waals surface area contributed by atoms with Gasteiger partial charge in [0.15, 0.2) is 0 Å². The molecule has 0 heterocycles. The molecule has 2 atom stereocenters. The van der Waals surface area contributed by atoms with Crippen molar-refractivity contribution in [3.8, 4) is 0 Å². The minimum absolute atomic E-state index is 0.0563. The molecule has 0 saturated heterocycles. The first-order valence-electron chi connectivity index (χ1n) is 4.51. The molecule has 0 aromatic rings. The number of ketones is 1. The molecule has 0 unspecified atom stereocenters. The van der Waals surface area contributed by atoms with Crippen molar-refractivity contribution >= 4 is 37.6 Å². The monoisotopic (exact) mass is 310 g/mol. The number of halogens is 2. The Kier molecular flexibility index (Phi) is 3.00. The van der Waals surface area contributed by atoms with Gasteiger partial charge in [-0.25, -0.2) is 0 Å². The molecule has 3 heteroatoms. The summed E-state index contributed by atoms with van der Waals surface area (Å²) in [5, 5.41) is 0. The number of hydrogen-bond donors (Lipinski definition) is 0. The number of Topliss-reactive ketones (excluding diaryl/α,β-unsaturated/α-hetero) is 1. The Morgan fingerprint density at radius 2 is 1.62 bits per heavy atom. The standard InChI is InChI=1S/C10H16Br2O/c1-9(2)5-6(13)10(3,4)8(12)7(9)11/h7-8H,5H2,1-4H3/t7-,8-/m0/s1. The van der Waals surface area contributed by atoms with Crippen molar-refractivity contribution in [3.63, 3.8) is 0 Å². The minimum atomic E-state index is -0.246. The van der Waals surface area contributed by atoms with Crippen molar-refractivity contribution in [2.75, 3.05) is 0 Å². The van der Waals surface area contributed by atoms with Crippen LogP contribution in [-0.2, 0) is 4.79 Å². The quantitative estimate of drug-likeness (QED) is 0.625. The van der Waals surface area contributed by atoms with Crippen molar-refractivity contribution in [3.05, 3.63) is 0 Å². The van der Waals surface area contributed by atoms with Crippen LogP contribution in [0, 0.1) is 10.8 Å². The fraction of sp³-hybridized carbons (Fsp3) is 0.900. The molecule has 0 aromatic heterocycles. The third-order valence-corrected chi connectivity index (χ3v) is 7.18. The summed E-state index contributed by atoms with van der Waals surface area (Å²) in [4.78, 5) is 12.4. The molecule has 0 aliphatic heterocycles. The molecule has 13 heavy (non-hydrogen) atoms. The van der Waals surface area contributed by atoms with Crippen molar-refractivity contribution < 1.29 is 4.79 Å². The average molecular weight is 312 g/mol. The van der Waals surface area contributed by atoms with E-state index in [0.717, 1.165) is 0 Å². The van der Waals surface area contributed by atoms with Gasteiger partial charge < -0.3 is 0 Å². The van der Waals surface area contributed by atoms with Crippen LogP contribution >= 0.6 is 31.9 Å². The predicted octanol–water partition coefficient (Wildman–Crippen LogP) is 3.54. The maximum atomic E-state index is 11.8. The van der Waals surface area contributed by atoms with Crippen LogP contribution in [0.15, 0.2) is 0 Å². The van der Waals surface area contributed by atoms with Gasteiger partial charge in [-0.1, -0.05) is 59.6 Å². The summed E-state index contributed by atoms with van der Waals surface area (Å²) in [6.45, 7) is 8.29. The van der Waals surface area contributed by atoms with Gasteiger partial charge in [0.2, 0.25) is 0 Å². The molecule has 1 nitrogen and oxygen atoms in total. The molecule has 1 saturated carbocycles. The fourth-order valence-electron chi connectivity index (χ4n) is 1.65. The Balaban J connectivity index is 3.00. The van der Waals surface area contributed by atoms with Crippen molar-refractivity contribution in [1.29, 1.82) is 0 Å². The zero-order valence-corrected chi connectivity index (χ0v) is 11.7. The van der Waals surface area contributed by atoms with Gasteiger partial charge in [-0.05, 0) is 5.41 Å². The number of carbonyl (C=O) groups is 1. The molecule has 1 rings (SSSR count). The summed E-state index contributed by atoms with van der Waals surface area (Å²) >= 11 is 7.30. The first-order valence-corrected chi connectivity index (χ1v) is 6.34. The van der Waals surface area contributed by atoms with Crippen molar-refractivity contribution in [1.82, 2.24) is 0 Å². The van der Waals surface area contributed by atoms with Crippen molar-refractivity contribution in [2.24, 2.45) is 10.8 Å². The van der Waals surface area contributed by atoms with E-state index in [1.54, 1.807) is 0 Å². The van der Waals surface area contributed by atoms with Gasteiger partial charge in [0.1, 0.15) is 5.78 Å². The molecule has 1 aliphatic rings. The van der Waals surface area contributed by atoms with Gasteiger partial charge in [0, 0.05) is 21.5 Å². The van der Waals surface area contributed by atoms with Crippen molar-refractivity contribution in [2.45, 2.75) is 43.8 Å². The topological polar surface area (TPSA) is 17.1 Å². The van der Waals surface area contributed by atoms with Gasteiger partial charge in [-0.15, -0.1) is 0 Å². The highest BCUT2D eigenvalue weighted by Gasteiger charge is 2.50. The van der Waals surface area contributed by atoms with Crippen LogP contribution in [0.3, 0.4) is 0 Å². The van der Waals surface area contributed by atoms with E-state index in [0.29, 0.717) is 17.0 Å². The highest BCUT2D eigenvalue weighted by molar-refractivity contribution is 9.12. The molecule has 0 bridgehead atoms. The molecule has 1 aliphatic carbocycles. The molecule has 0 aromatic carbocycles. The summed E-state index contributed by atoms with van der Waals surface area (Å²) in [5.41, 5.74) is -0.190. The fourth-order valence-corrected chi connectivity index (χ4v) is 3.45. The van der Waals surface area contributed by atoms with Gasteiger partial charge in [-0.3, -0.25) is 4.79 Å². The molecule has 76 valence electrons. The van der Waals surface area contributed by atoms with Gasteiger partial charge in [-0.2, -0.15) is 0 Å². The maximum Gasteiger partial charge on any atom is 0.140 e. The van der Waals surface area contributed by atoms with Crippen LogP contribution in [0.5, 0.6) is 0 Å². The van der Waals surface area contributed by atoms with Crippen LogP contribution in [0.4, 0.5) is 0 Å². The molecular formula is C10H16Br2O. The first kappa shape index (κ1) is 11.7. The lowest BCUT2D eigenvalue weighted by molar-refractivity contribution is -0.131. The highest BCUT2D eigenvalue weighted by Crippen LogP contribution is 2.49. The van der Waals surface area contributed by atoms with E-state index in [2.05, 4.69) is 45.7 Å². The molecule has 0 N–H and O–H groups in total. The molecular weight excluding hydrogens is 296 g/mol. The van der Waals surface area contributed by atoms with Crippen LogP contribution in [-0.4, -0.2) is 15.4 Å². The van der Waals surface area contributed by atoms with Crippen LogP contribution in [0.1, 0.15) is 34.1 Å². The lowest BCUT2D eigenvalue weighted by Crippen LogP contribution is -2.51. The summed E-state index contributed by atoms with van der Waals surface area (Å²) in [5.74, 6) is 0.357. The number of hydrogen-bond acceptors (Lipinski definition) is 1. The Bertz CT molecular complexity index is 233. The van der Waals surface area contributed by atoms with E-state index in [4.69, 9.17) is 0 Å². The lowest BCUT2D eigenvalue weighted by atomic mass is 9.66. The summed E-state index contributed by atoms with van der Waals surface area (Å²) in [6.07, 6.45) is 0.665. The van der Waals surface area contributed by atoms with Crippen LogP contribution < -0.4 is 0 Å². The largest absolute Gasteiger partial charge is 0.299 e. The minimum Gasteiger partial charge on any atom is -0.299 e. The van der Waals surface area contributed by atoms with E-state index in [-0.39, 0.29) is 15.7 Å². The second-order valence-corrected chi connectivity index (χ2v) is 7.09. The van der Waals surface area contributed by atoms with E-state index in [9.17, 15) is 4.79 Å². The maximum absolute atomic E-state index is 11.8. The average Bonchev–Trinajstić information content (AvgIpc) is 1.98. The lowest BCUT2D eigenvalue weighted by Gasteiger charge is -2.46. The third-order valence-electron chi connectivity index (χ3n) is 3.03. The molecule has 0 amide bonds. The Morgan fingerprint density at radius 3 is 2.08 bits per heavy atom. The van der Waals surface area contributed by atoms with Crippen LogP contribution in [0.25, 0.3) is 0 Å². The Labute approximate surface area is 96.9 Å². The highest BCUT2D eigenvalue weighted by atomic mass is 79.9. The van der Waals surface area contributed by atoms with E-state index in [1.165, 1.54) is 0 Å². The number of carbonyl (C=O) groups excluding carboxylic acids is 1. The Morgan fingerprint density at radius 1 is 1.15 bits per heavy atom. The van der Waals surface area contributed by atoms with E-state index >= 15 is 0 Å². The van der Waals surface area contributed by atoms with Gasteiger partial charge in [0.05, 0.1) is 0 Å². The summed E-state index contributed by atoms with van der Waals surface area (Å²) in [6, 6.07) is 0. The smallest absolute Gasteiger partial charge is 0.140 e. The normalized spacial score (nSPS) is 37.5. The third kappa shape index (κ3) is 1.87.